The van der Waals surface area contributed by atoms with Gasteiger partial charge in [0.05, 0.1) is 0 Å². The summed E-state index contributed by atoms with van der Waals surface area (Å²) >= 11 is 0. The molecule has 0 aliphatic carbocycles. The van der Waals surface area contributed by atoms with E-state index in [9.17, 15) is 5.11 Å². The molecule has 0 saturated carbocycles. The molecule has 0 spiro atoms. The van der Waals surface area contributed by atoms with E-state index in [1.165, 1.54) is 0 Å². The molecular formula is C13H24O3. The van der Waals surface area contributed by atoms with Crippen LogP contribution in [0.5, 0.6) is 0 Å². The lowest BCUT2D eigenvalue weighted by Gasteiger charge is -2.05. The molecule has 3 nitrogen and oxygen atoms in total. The highest BCUT2D eigenvalue weighted by atomic mass is 16.5. The fourth-order valence-electron chi connectivity index (χ4n) is 1.29. The maximum absolute atomic E-state index is 9.32. The molecule has 0 radical (unpaired) electrons. The van der Waals surface area contributed by atoms with Gasteiger partial charge in [-0.05, 0) is 39.5 Å². The van der Waals surface area contributed by atoms with Crippen molar-refractivity contribution in [2.24, 2.45) is 0 Å². The van der Waals surface area contributed by atoms with Gasteiger partial charge >= 0.3 is 0 Å². The van der Waals surface area contributed by atoms with Crippen molar-refractivity contribution in [1.82, 2.24) is 0 Å². The van der Waals surface area contributed by atoms with E-state index in [2.05, 4.69) is 11.8 Å². The van der Waals surface area contributed by atoms with Gasteiger partial charge < -0.3 is 14.6 Å². The third kappa shape index (κ3) is 11.5. The lowest BCUT2D eigenvalue weighted by atomic mass is 10.1. The Kier molecular flexibility index (Phi) is 12.1. The number of aliphatic hydroxyl groups is 1. The van der Waals surface area contributed by atoms with Crippen molar-refractivity contribution in [1.29, 1.82) is 0 Å². The summed E-state index contributed by atoms with van der Waals surface area (Å²) in [6.45, 7) is 6.81. The average Bonchev–Trinajstić information content (AvgIpc) is 2.27. The monoisotopic (exact) mass is 228 g/mol. The first-order valence-corrected chi connectivity index (χ1v) is 6.07. The lowest BCUT2D eigenvalue weighted by molar-refractivity contribution is 0.0850. The summed E-state index contributed by atoms with van der Waals surface area (Å²) in [6, 6.07) is 0. The van der Waals surface area contributed by atoms with Gasteiger partial charge in [-0.1, -0.05) is 5.92 Å². The van der Waals surface area contributed by atoms with Crippen molar-refractivity contribution in [2.75, 3.05) is 26.4 Å². The minimum atomic E-state index is -0.469. The topological polar surface area (TPSA) is 38.7 Å². The predicted molar refractivity (Wildman–Crippen MR) is 65.2 cm³/mol. The summed E-state index contributed by atoms with van der Waals surface area (Å²) in [6.07, 6.45) is 3.17. The predicted octanol–water partition coefficient (Wildman–Crippen LogP) is 1.98. The second kappa shape index (κ2) is 12.5. The van der Waals surface area contributed by atoms with Gasteiger partial charge in [0.15, 0.2) is 0 Å². The maximum atomic E-state index is 9.32. The van der Waals surface area contributed by atoms with Gasteiger partial charge in [-0.3, -0.25) is 0 Å². The Labute approximate surface area is 99.1 Å². The molecule has 0 aromatic heterocycles. The third-order valence-corrected chi connectivity index (χ3v) is 2.11. The van der Waals surface area contributed by atoms with Crippen LogP contribution in [0.3, 0.4) is 0 Å². The Hall–Kier alpha value is -0.560. The molecule has 1 atom stereocenters. The first-order chi connectivity index (χ1) is 7.81. The molecule has 1 unspecified atom stereocenters. The van der Waals surface area contributed by atoms with Crippen molar-refractivity contribution in [3.63, 3.8) is 0 Å². The summed E-state index contributed by atoms with van der Waals surface area (Å²) in [5, 5.41) is 9.32. The molecule has 0 heterocycles. The van der Waals surface area contributed by atoms with Gasteiger partial charge in [-0.15, -0.1) is 5.92 Å². The zero-order valence-electron chi connectivity index (χ0n) is 10.5. The molecule has 3 heteroatoms. The quantitative estimate of drug-likeness (QED) is 0.459. The molecule has 0 aliphatic rings. The van der Waals surface area contributed by atoms with Gasteiger partial charge in [0, 0.05) is 26.4 Å². The Morgan fingerprint density at radius 1 is 1.06 bits per heavy atom. The van der Waals surface area contributed by atoms with E-state index < -0.39 is 6.10 Å². The smallest absolute Gasteiger partial charge is 0.114 e. The van der Waals surface area contributed by atoms with Gasteiger partial charge in [0.25, 0.3) is 0 Å². The van der Waals surface area contributed by atoms with E-state index in [1.807, 2.05) is 6.92 Å². The molecule has 0 aromatic rings. The minimum Gasteiger partial charge on any atom is -0.382 e. The molecular weight excluding hydrogens is 204 g/mol. The largest absolute Gasteiger partial charge is 0.382 e. The van der Waals surface area contributed by atoms with Gasteiger partial charge in [-0.2, -0.15) is 0 Å². The summed E-state index contributed by atoms with van der Waals surface area (Å²) in [5.41, 5.74) is 0. The minimum absolute atomic E-state index is 0.469. The standard InChI is InChI=1S/C13H24O3/c1-3-8-13(14)9-5-6-10-16-12-7-11-15-4-2/h13-14H,4-7,9-12H2,1-2H3. The average molecular weight is 228 g/mol. The highest BCUT2D eigenvalue weighted by molar-refractivity contribution is 5.01. The molecule has 0 aromatic carbocycles. The molecule has 0 amide bonds. The first-order valence-electron chi connectivity index (χ1n) is 6.07. The van der Waals surface area contributed by atoms with Gasteiger partial charge in [-0.25, -0.2) is 0 Å². The number of aliphatic hydroxyl groups excluding tert-OH is 1. The summed E-state index contributed by atoms with van der Waals surface area (Å²) in [7, 11) is 0. The van der Waals surface area contributed by atoms with E-state index in [-0.39, 0.29) is 0 Å². The third-order valence-electron chi connectivity index (χ3n) is 2.11. The molecule has 0 aliphatic heterocycles. The van der Waals surface area contributed by atoms with E-state index in [1.54, 1.807) is 6.92 Å². The van der Waals surface area contributed by atoms with Crippen molar-refractivity contribution in [3.8, 4) is 11.8 Å². The number of hydrogen-bond donors (Lipinski definition) is 1. The normalized spacial score (nSPS) is 11.9. The van der Waals surface area contributed by atoms with E-state index >= 15 is 0 Å². The van der Waals surface area contributed by atoms with Crippen molar-refractivity contribution >= 4 is 0 Å². The number of rotatable bonds is 10. The van der Waals surface area contributed by atoms with Crippen molar-refractivity contribution < 1.29 is 14.6 Å². The first kappa shape index (κ1) is 15.4. The van der Waals surface area contributed by atoms with Crippen molar-refractivity contribution in [2.45, 2.75) is 45.6 Å². The van der Waals surface area contributed by atoms with Crippen LogP contribution in [0.1, 0.15) is 39.5 Å². The zero-order chi connectivity index (χ0) is 12.1. The summed E-state index contributed by atoms with van der Waals surface area (Å²) in [4.78, 5) is 0. The highest BCUT2D eigenvalue weighted by Gasteiger charge is 1.98. The van der Waals surface area contributed by atoms with Gasteiger partial charge in [0.1, 0.15) is 6.10 Å². The highest BCUT2D eigenvalue weighted by Crippen LogP contribution is 2.00. The van der Waals surface area contributed by atoms with E-state index in [0.29, 0.717) is 0 Å². The van der Waals surface area contributed by atoms with Crippen LogP contribution in [0.4, 0.5) is 0 Å². The van der Waals surface area contributed by atoms with Crippen LogP contribution in [0.25, 0.3) is 0 Å². The van der Waals surface area contributed by atoms with Crippen LogP contribution >= 0.6 is 0 Å². The summed E-state index contributed by atoms with van der Waals surface area (Å²) in [5.74, 6) is 5.42. The summed E-state index contributed by atoms with van der Waals surface area (Å²) < 4.78 is 10.6. The Balaban J connectivity index is 3.06. The number of hydrogen-bond acceptors (Lipinski definition) is 3. The molecule has 0 fully saturated rings. The molecule has 0 rings (SSSR count). The number of ether oxygens (including phenoxy) is 2. The second-order valence-corrected chi connectivity index (χ2v) is 3.57. The Bertz CT molecular complexity index is 193. The second-order valence-electron chi connectivity index (χ2n) is 3.57. The van der Waals surface area contributed by atoms with Gasteiger partial charge in [0.2, 0.25) is 0 Å². The van der Waals surface area contributed by atoms with E-state index in [0.717, 1.165) is 52.1 Å². The molecule has 0 bridgehead atoms. The van der Waals surface area contributed by atoms with Crippen LogP contribution < -0.4 is 0 Å². The van der Waals surface area contributed by atoms with Crippen LogP contribution in [0.2, 0.25) is 0 Å². The fraction of sp³-hybridized carbons (Fsp3) is 0.846. The van der Waals surface area contributed by atoms with Crippen LogP contribution in [-0.2, 0) is 9.47 Å². The SMILES string of the molecule is CC#CC(O)CCCCOCCCOCC. The van der Waals surface area contributed by atoms with Crippen LogP contribution in [0, 0.1) is 11.8 Å². The molecule has 1 N–H and O–H groups in total. The molecule has 16 heavy (non-hydrogen) atoms. The van der Waals surface area contributed by atoms with Crippen molar-refractivity contribution in [3.05, 3.63) is 0 Å². The lowest BCUT2D eigenvalue weighted by Crippen LogP contribution is -2.05. The Morgan fingerprint density at radius 3 is 2.44 bits per heavy atom. The van der Waals surface area contributed by atoms with Crippen LogP contribution in [-0.4, -0.2) is 37.6 Å². The Morgan fingerprint density at radius 2 is 1.75 bits per heavy atom. The molecule has 0 saturated heterocycles. The molecule has 94 valence electrons. The maximum Gasteiger partial charge on any atom is 0.114 e. The fourth-order valence-corrected chi connectivity index (χ4v) is 1.29. The number of unbranched alkanes of at least 4 members (excludes halogenated alkanes) is 1. The van der Waals surface area contributed by atoms with E-state index in [4.69, 9.17) is 9.47 Å². The van der Waals surface area contributed by atoms with Crippen LogP contribution in [0.15, 0.2) is 0 Å². The zero-order valence-corrected chi connectivity index (χ0v) is 10.5.